The lowest BCUT2D eigenvalue weighted by Crippen LogP contribution is -2.36. The molecular formula is C18H21NO2. The number of fused-ring (bicyclic) bond motifs is 1. The summed E-state index contributed by atoms with van der Waals surface area (Å²) in [6.45, 7) is 7.91. The highest BCUT2D eigenvalue weighted by Gasteiger charge is 2.24. The Bertz CT molecular complexity index is 631. The van der Waals surface area contributed by atoms with Crippen molar-refractivity contribution < 1.29 is 9.53 Å². The molecule has 3 nitrogen and oxygen atoms in total. The Morgan fingerprint density at radius 1 is 1.29 bits per heavy atom. The van der Waals surface area contributed by atoms with Crippen molar-refractivity contribution in [3.05, 3.63) is 55.1 Å². The molecule has 0 saturated heterocycles. The maximum atomic E-state index is 12.2. The summed E-state index contributed by atoms with van der Waals surface area (Å²) in [5, 5.41) is 5.54. The van der Waals surface area contributed by atoms with Crippen LogP contribution in [0.2, 0.25) is 0 Å². The van der Waals surface area contributed by atoms with Crippen molar-refractivity contribution in [2.75, 3.05) is 11.9 Å². The number of rotatable bonds is 6. The van der Waals surface area contributed by atoms with Gasteiger partial charge in [0.15, 0.2) is 0 Å². The minimum absolute atomic E-state index is 0.0250. The molecule has 0 aliphatic rings. The van der Waals surface area contributed by atoms with Crippen LogP contribution in [0.3, 0.4) is 0 Å². The number of hydrogen-bond donors (Lipinski definition) is 1. The van der Waals surface area contributed by atoms with Crippen LogP contribution >= 0.6 is 0 Å². The van der Waals surface area contributed by atoms with Gasteiger partial charge in [-0.1, -0.05) is 49.4 Å². The third-order valence-electron chi connectivity index (χ3n) is 3.54. The molecule has 0 radical (unpaired) electrons. The lowest BCUT2D eigenvalue weighted by Gasteiger charge is -2.23. The second-order valence-corrected chi connectivity index (χ2v) is 5.00. The quantitative estimate of drug-likeness (QED) is 0.643. The van der Waals surface area contributed by atoms with E-state index in [1.165, 1.54) is 0 Å². The van der Waals surface area contributed by atoms with Crippen molar-refractivity contribution in [2.45, 2.75) is 19.9 Å². The molecule has 2 aromatic rings. The average Bonchev–Trinajstić information content (AvgIpc) is 2.52. The highest BCUT2D eigenvalue weighted by atomic mass is 16.5. The molecule has 0 spiro atoms. The van der Waals surface area contributed by atoms with E-state index in [1.54, 1.807) is 6.08 Å². The number of carbonyl (C=O) groups excluding carboxylic acids is 1. The van der Waals surface area contributed by atoms with Crippen LogP contribution in [0.5, 0.6) is 0 Å². The van der Waals surface area contributed by atoms with Crippen molar-refractivity contribution in [3.63, 3.8) is 0 Å². The van der Waals surface area contributed by atoms with Gasteiger partial charge < -0.3 is 10.1 Å². The Morgan fingerprint density at radius 2 is 2.00 bits per heavy atom. The minimum atomic E-state index is -0.437. The van der Waals surface area contributed by atoms with Crippen LogP contribution in [-0.2, 0) is 9.53 Å². The maximum absolute atomic E-state index is 12.2. The van der Waals surface area contributed by atoms with Crippen molar-refractivity contribution in [1.29, 1.82) is 0 Å². The van der Waals surface area contributed by atoms with Gasteiger partial charge in [0.25, 0.3) is 0 Å². The van der Waals surface area contributed by atoms with Crippen molar-refractivity contribution in [3.8, 4) is 0 Å². The van der Waals surface area contributed by atoms with Gasteiger partial charge in [-0.25, -0.2) is 4.79 Å². The van der Waals surface area contributed by atoms with E-state index in [9.17, 15) is 4.79 Å². The van der Waals surface area contributed by atoms with E-state index >= 15 is 0 Å². The van der Waals surface area contributed by atoms with E-state index < -0.39 is 6.04 Å². The second kappa shape index (κ2) is 6.93. The Kier molecular flexibility index (Phi) is 4.99. The van der Waals surface area contributed by atoms with Crippen molar-refractivity contribution >= 4 is 22.4 Å². The molecule has 3 heteroatoms. The highest BCUT2D eigenvalue weighted by molar-refractivity contribution is 5.95. The summed E-state index contributed by atoms with van der Waals surface area (Å²) in [4.78, 5) is 12.2. The summed E-state index contributed by atoms with van der Waals surface area (Å²) in [6.07, 6.45) is 1.76. The highest BCUT2D eigenvalue weighted by Crippen LogP contribution is 2.25. The topological polar surface area (TPSA) is 38.3 Å². The molecule has 0 aliphatic heterocycles. The molecule has 2 rings (SSSR count). The van der Waals surface area contributed by atoms with E-state index in [0.717, 1.165) is 16.5 Å². The summed E-state index contributed by atoms with van der Waals surface area (Å²) >= 11 is 0. The number of benzene rings is 2. The Labute approximate surface area is 125 Å². The first-order chi connectivity index (χ1) is 10.2. The van der Waals surface area contributed by atoms with Gasteiger partial charge in [0.05, 0.1) is 6.61 Å². The van der Waals surface area contributed by atoms with Crippen LogP contribution in [0.1, 0.15) is 13.8 Å². The monoisotopic (exact) mass is 283 g/mol. The molecule has 2 aromatic carbocycles. The van der Waals surface area contributed by atoms with Gasteiger partial charge in [0.2, 0.25) is 0 Å². The van der Waals surface area contributed by atoms with Gasteiger partial charge in [-0.2, -0.15) is 0 Å². The van der Waals surface area contributed by atoms with Crippen LogP contribution in [-0.4, -0.2) is 18.6 Å². The second-order valence-electron chi connectivity index (χ2n) is 5.00. The lowest BCUT2D eigenvalue weighted by atomic mass is 10.0. The zero-order valence-electron chi connectivity index (χ0n) is 12.5. The first kappa shape index (κ1) is 15.1. The third-order valence-corrected chi connectivity index (χ3v) is 3.54. The molecule has 0 amide bonds. The maximum Gasteiger partial charge on any atom is 0.329 e. The molecule has 0 heterocycles. The fraction of sp³-hybridized carbons (Fsp3) is 0.278. The number of ether oxygens (including phenoxy) is 1. The Hall–Kier alpha value is -2.29. The Morgan fingerprint density at radius 3 is 2.71 bits per heavy atom. The fourth-order valence-corrected chi connectivity index (χ4v) is 2.29. The number of esters is 1. The zero-order chi connectivity index (χ0) is 15.2. The lowest BCUT2D eigenvalue weighted by molar-refractivity contribution is -0.144. The summed E-state index contributed by atoms with van der Waals surface area (Å²) in [7, 11) is 0. The fourth-order valence-electron chi connectivity index (χ4n) is 2.29. The van der Waals surface area contributed by atoms with Crippen molar-refractivity contribution in [1.82, 2.24) is 0 Å². The molecule has 0 saturated carbocycles. The van der Waals surface area contributed by atoms with E-state index in [4.69, 9.17) is 4.74 Å². The van der Waals surface area contributed by atoms with Gasteiger partial charge in [0, 0.05) is 17.0 Å². The summed E-state index contributed by atoms with van der Waals surface area (Å²) in [5.41, 5.74) is 0.930. The number of carbonyl (C=O) groups is 1. The summed E-state index contributed by atoms with van der Waals surface area (Å²) in [6, 6.07) is 13.7. The predicted molar refractivity (Wildman–Crippen MR) is 87.4 cm³/mol. The van der Waals surface area contributed by atoms with Crippen molar-refractivity contribution in [2.24, 2.45) is 5.92 Å². The Balaban J connectivity index is 2.34. The minimum Gasteiger partial charge on any atom is -0.464 e. The van der Waals surface area contributed by atoms with Gasteiger partial charge in [-0.05, 0) is 18.4 Å². The number of anilines is 1. The average molecular weight is 283 g/mol. The molecule has 0 fully saturated rings. The van der Waals surface area contributed by atoms with E-state index in [-0.39, 0.29) is 11.9 Å². The van der Waals surface area contributed by atoms with Gasteiger partial charge in [-0.3, -0.25) is 0 Å². The predicted octanol–water partition coefficient (Wildman–Crippen LogP) is 4.01. The molecular weight excluding hydrogens is 262 g/mol. The standard InChI is InChI=1S/C18H21NO2/c1-4-13(3)17(18(20)21-5-2)19-16-12-8-10-14-9-6-7-11-15(14)16/h4,6-13,17,19H,1,5H2,2-3H3/t13-,17+/m0/s1. The first-order valence-electron chi connectivity index (χ1n) is 7.21. The summed E-state index contributed by atoms with van der Waals surface area (Å²) in [5.74, 6) is -0.277. The SMILES string of the molecule is C=C[C@H](C)[C@@H](Nc1cccc2ccccc12)C(=O)OCC. The van der Waals surface area contributed by atoms with Gasteiger partial charge in [0.1, 0.15) is 6.04 Å². The molecule has 0 aromatic heterocycles. The first-order valence-corrected chi connectivity index (χ1v) is 7.21. The number of nitrogens with one attached hydrogen (secondary N) is 1. The third kappa shape index (κ3) is 3.43. The van der Waals surface area contributed by atoms with E-state index in [0.29, 0.717) is 6.61 Å². The van der Waals surface area contributed by atoms with Crippen LogP contribution in [0, 0.1) is 5.92 Å². The molecule has 21 heavy (non-hydrogen) atoms. The van der Waals surface area contributed by atoms with Gasteiger partial charge in [-0.15, -0.1) is 6.58 Å². The summed E-state index contributed by atoms with van der Waals surface area (Å²) < 4.78 is 5.16. The van der Waals surface area contributed by atoms with Crippen LogP contribution in [0.25, 0.3) is 10.8 Å². The molecule has 0 bridgehead atoms. The van der Waals surface area contributed by atoms with Crippen LogP contribution in [0.15, 0.2) is 55.1 Å². The van der Waals surface area contributed by atoms with Crippen LogP contribution in [0.4, 0.5) is 5.69 Å². The molecule has 0 unspecified atom stereocenters. The normalized spacial score (nSPS) is 13.4. The van der Waals surface area contributed by atoms with E-state index in [2.05, 4.69) is 24.0 Å². The zero-order valence-corrected chi connectivity index (χ0v) is 12.5. The molecule has 110 valence electrons. The largest absolute Gasteiger partial charge is 0.464 e. The smallest absolute Gasteiger partial charge is 0.329 e. The molecule has 0 aliphatic carbocycles. The molecule has 2 atom stereocenters. The van der Waals surface area contributed by atoms with E-state index in [1.807, 2.05) is 44.2 Å². The number of hydrogen-bond acceptors (Lipinski definition) is 3. The van der Waals surface area contributed by atoms with Gasteiger partial charge >= 0.3 is 5.97 Å². The van der Waals surface area contributed by atoms with Crippen LogP contribution < -0.4 is 5.32 Å². The molecule has 1 N–H and O–H groups in total.